The Morgan fingerprint density at radius 2 is 1.84 bits per heavy atom. The van der Waals surface area contributed by atoms with E-state index in [-0.39, 0.29) is 6.03 Å². The van der Waals surface area contributed by atoms with Gasteiger partial charge < -0.3 is 15.1 Å². The predicted molar refractivity (Wildman–Crippen MR) is 77.3 cm³/mol. The Bertz CT molecular complexity index is 300. The molecule has 19 heavy (non-hydrogen) atoms. The van der Waals surface area contributed by atoms with Crippen LogP contribution in [0, 0.1) is 0 Å². The van der Waals surface area contributed by atoms with Crippen molar-refractivity contribution in [2.45, 2.75) is 37.8 Å². The summed E-state index contributed by atoms with van der Waals surface area (Å²) in [5.74, 6) is 0. The lowest BCUT2D eigenvalue weighted by molar-refractivity contribution is 0.0839. The van der Waals surface area contributed by atoms with Crippen LogP contribution >= 0.6 is 0 Å². The lowest BCUT2D eigenvalue weighted by Gasteiger charge is -2.42. The van der Waals surface area contributed by atoms with Crippen LogP contribution in [0.1, 0.15) is 25.7 Å². The maximum Gasteiger partial charge on any atom is 0.319 e. The van der Waals surface area contributed by atoms with Crippen LogP contribution in [0.25, 0.3) is 0 Å². The lowest BCUT2D eigenvalue weighted by atomic mass is 9.98. The van der Waals surface area contributed by atoms with E-state index in [9.17, 15) is 4.79 Å². The first-order valence-corrected chi connectivity index (χ1v) is 7.49. The van der Waals surface area contributed by atoms with Crippen LogP contribution in [0.2, 0.25) is 0 Å². The summed E-state index contributed by atoms with van der Waals surface area (Å²) in [6, 6.07) is 1.47. The highest BCUT2D eigenvalue weighted by Gasteiger charge is 2.30. The second kappa shape index (κ2) is 6.57. The molecule has 5 nitrogen and oxygen atoms in total. The molecule has 0 aromatic carbocycles. The summed E-state index contributed by atoms with van der Waals surface area (Å²) in [4.78, 5) is 18.2. The molecule has 2 saturated heterocycles. The van der Waals surface area contributed by atoms with Crippen molar-refractivity contribution in [2.24, 2.45) is 0 Å². The van der Waals surface area contributed by atoms with E-state index in [0.29, 0.717) is 12.1 Å². The Morgan fingerprint density at radius 3 is 2.42 bits per heavy atom. The number of amides is 2. The fourth-order valence-electron chi connectivity index (χ4n) is 3.28. The number of hydrogen-bond acceptors (Lipinski definition) is 3. The first-order chi connectivity index (χ1) is 9.11. The van der Waals surface area contributed by atoms with E-state index in [1.54, 1.807) is 4.90 Å². The van der Waals surface area contributed by atoms with Gasteiger partial charge in [-0.25, -0.2) is 4.79 Å². The number of piperidine rings is 2. The Morgan fingerprint density at radius 1 is 1.16 bits per heavy atom. The molecule has 2 heterocycles. The maximum atomic E-state index is 11.9. The minimum absolute atomic E-state index is 0.158. The van der Waals surface area contributed by atoms with Crippen molar-refractivity contribution >= 4 is 6.03 Å². The van der Waals surface area contributed by atoms with Crippen molar-refractivity contribution in [3.63, 3.8) is 0 Å². The van der Waals surface area contributed by atoms with Crippen LogP contribution in [-0.2, 0) is 0 Å². The molecular formula is C14H28N4O. The number of carbonyl (C=O) groups is 1. The van der Waals surface area contributed by atoms with Gasteiger partial charge in [0.25, 0.3) is 0 Å². The highest BCUT2D eigenvalue weighted by atomic mass is 16.2. The van der Waals surface area contributed by atoms with Gasteiger partial charge in [0.2, 0.25) is 0 Å². The number of likely N-dealkylation sites (tertiary alicyclic amines) is 2. The molecule has 1 N–H and O–H groups in total. The number of urea groups is 1. The zero-order valence-corrected chi connectivity index (χ0v) is 12.6. The number of rotatable bonds is 2. The standard InChI is InChI=1S/C14H28N4O/c1-15-12-5-4-8-18(11-12)13-6-9-17(10-7-13)14(19)16(2)3/h12-13,15H,4-11H2,1-3H3. The van der Waals surface area contributed by atoms with Crippen LogP contribution in [-0.4, -0.2) is 80.1 Å². The molecule has 0 aromatic heterocycles. The molecule has 0 aromatic rings. The maximum absolute atomic E-state index is 11.9. The van der Waals surface area contributed by atoms with Gasteiger partial charge >= 0.3 is 6.03 Å². The number of nitrogens with one attached hydrogen (secondary N) is 1. The molecule has 2 amide bonds. The first kappa shape index (κ1) is 14.6. The first-order valence-electron chi connectivity index (χ1n) is 7.49. The quantitative estimate of drug-likeness (QED) is 0.806. The fourth-order valence-corrected chi connectivity index (χ4v) is 3.28. The van der Waals surface area contributed by atoms with Crippen LogP contribution in [0.4, 0.5) is 4.79 Å². The molecule has 0 radical (unpaired) electrons. The molecule has 1 atom stereocenters. The van der Waals surface area contributed by atoms with Gasteiger partial charge in [0.15, 0.2) is 0 Å². The van der Waals surface area contributed by atoms with Crippen molar-refractivity contribution in [3.05, 3.63) is 0 Å². The van der Waals surface area contributed by atoms with Gasteiger partial charge in [-0.15, -0.1) is 0 Å². The predicted octanol–water partition coefficient (Wildman–Crippen LogP) is 0.816. The van der Waals surface area contributed by atoms with Crippen molar-refractivity contribution in [2.75, 3.05) is 47.3 Å². The third kappa shape index (κ3) is 3.60. The molecule has 0 bridgehead atoms. The van der Waals surface area contributed by atoms with E-state index < -0.39 is 0 Å². The number of carbonyl (C=O) groups excluding carboxylic acids is 1. The molecule has 0 spiro atoms. The normalized spacial score (nSPS) is 26.5. The largest absolute Gasteiger partial charge is 0.331 e. The second-order valence-electron chi connectivity index (χ2n) is 6.02. The molecule has 1 unspecified atom stereocenters. The van der Waals surface area contributed by atoms with Gasteiger partial charge in [-0.05, 0) is 39.3 Å². The minimum Gasteiger partial charge on any atom is -0.331 e. The Labute approximate surface area is 116 Å². The monoisotopic (exact) mass is 268 g/mol. The average Bonchev–Trinajstić information content (AvgIpc) is 2.46. The smallest absolute Gasteiger partial charge is 0.319 e. The number of hydrogen-bond donors (Lipinski definition) is 1. The SMILES string of the molecule is CNC1CCCN(C2CCN(C(=O)N(C)C)CC2)C1. The van der Waals surface area contributed by atoms with Crippen molar-refractivity contribution < 1.29 is 4.79 Å². The third-order valence-electron chi connectivity index (χ3n) is 4.50. The number of likely N-dealkylation sites (N-methyl/N-ethyl adjacent to an activating group) is 1. The van der Waals surface area contributed by atoms with E-state index in [2.05, 4.69) is 17.3 Å². The third-order valence-corrected chi connectivity index (χ3v) is 4.50. The van der Waals surface area contributed by atoms with E-state index in [4.69, 9.17) is 0 Å². The number of nitrogens with zero attached hydrogens (tertiary/aromatic N) is 3. The van der Waals surface area contributed by atoms with Crippen molar-refractivity contribution in [3.8, 4) is 0 Å². The molecule has 0 aliphatic carbocycles. The van der Waals surface area contributed by atoms with Gasteiger partial charge in [-0.2, -0.15) is 0 Å². The van der Waals surface area contributed by atoms with Crippen LogP contribution in [0.3, 0.4) is 0 Å². The summed E-state index contributed by atoms with van der Waals surface area (Å²) in [6.07, 6.45) is 4.83. The van der Waals surface area contributed by atoms with Gasteiger partial charge in [0.1, 0.15) is 0 Å². The topological polar surface area (TPSA) is 38.8 Å². The zero-order chi connectivity index (χ0) is 13.8. The summed E-state index contributed by atoms with van der Waals surface area (Å²) in [5, 5.41) is 3.40. The van der Waals surface area contributed by atoms with Crippen LogP contribution in [0.15, 0.2) is 0 Å². The van der Waals surface area contributed by atoms with E-state index in [1.165, 1.54) is 25.9 Å². The molecule has 5 heteroatoms. The summed E-state index contributed by atoms with van der Waals surface area (Å²) in [5.41, 5.74) is 0. The molecular weight excluding hydrogens is 240 g/mol. The van der Waals surface area contributed by atoms with Crippen molar-refractivity contribution in [1.29, 1.82) is 0 Å². The summed E-state index contributed by atoms with van der Waals surface area (Å²) >= 11 is 0. The van der Waals surface area contributed by atoms with Crippen LogP contribution < -0.4 is 5.32 Å². The zero-order valence-electron chi connectivity index (χ0n) is 12.6. The van der Waals surface area contributed by atoms with Gasteiger partial charge in [-0.3, -0.25) is 4.90 Å². The fraction of sp³-hybridized carbons (Fsp3) is 0.929. The molecule has 2 rings (SSSR count). The average molecular weight is 268 g/mol. The summed E-state index contributed by atoms with van der Waals surface area (Å²) < 4.78 is 0. The molecule has 110 valence electrons. The van der Waals surface area contributed by atoms with Gasteiger partial charge in [0.05, 0.1) is 0 Å². The van der Waals surface area contributed by atoms with Crippen molar-refractivity contribution in [1.82, 2.24) is 20.0 Å². The van der Waals surface area contributed by atoms with Gasteiger partial charge in [0, 0.05) is 45.8 Å². The minimum atomic E-state index is 0.158. The molecule has 2 fully saturated rings. The summed E-state index contributed by atoms with van der Waals surface area (Å²) in [6.45, 7) is 4.21. The van der Waals surface area contributed by atoms with E-state index >= 15 is 0 Å². The molecule has 2 aliphatic rings. The van der Waals surface area contributed by atoms with E-state index in [0.717, 1.165) is 25.9 Å². The Hall–Kier alpha value is -0.810. The highest BCUT2D eigenvalue weighted by Crippen LogP contribution is 2.21. The lowest BCUT2D eigenvalue weighted by Crippen LogP contribution is -2.53. The highest BCUT2D eigenvalue weighted by molar-refractivity contribution is 5.73. The van der Waals surface area contributed by atoms with Crippen LogP contribution in [0.5, 0.6) is 0 Å². The summed E-state index contributed by atoms with van der Waals surface area (Å²) in [7, 11) is 5.72. The van der Waals surface area contributed by atoms with Gasteiger partial charge in [-0.1, -0.05) is 0 Å². The second-order valence-corrected chi connectivity index (χ2v) is 6.02. The molecule has 0 saturated carbocycles. The Balaban J connectivity index is 1.81. The van der Waals surface area contributed by atoms with E-state index in [1.807, 2.05) is 19.0 Å². The molecule has 2 aliphatic heterocycles. The Kier molecular flexibility index (Phi) is 5.05.